The van der Waals surface area contributed by atoms with E-state index in [4.69, 9.17) is 11.6 Å². The first-order valence-electron chi connectivity index (χ1n) is 8.97. The minimum atomic E-state index is -3.92. The number of sulfonamides is 1. The van der Waals surface area contributed by atoms with Crippen LogP contribution in [0.5, 0.6) is 0 Å². The van der Waals surface area contributed by atoms with Gasteiger partial charge in [0.15, 0.2) is 0 Å². The number of hydrogen-bond donors (Lipinski definition) is 1. The minimum absolute atomic E-state index is 0.0861. The van der Waals surface area contributed by atoms with Gasteiger partial charge in [-0.15, -0.1) is 0 Å². The molecule has 1 saturated heterocycles. The monoisotopic (exact) mass is 406 g/mol. The van der Waals surface area contributed by atoms with E-state index >= 15 is 0 Å². The van der Waals surface area contributed by atoms with Gasteiger partial charge < -0.3 is 4.90 Å². The summed E-state index contributed by atoms with van der Waals surface area (Å²) < 4.78 is 28.4. The van der Waals surface area contributed by atoms with Crippen LogP contribution in [0.2, 0.25) is 5.02 Å². The Hall–Kier alpha value is -2.05. The van der Waals surface area contributed by atoms with Crippen molar-refractivity contribution in [2.75, 3.05) is 17.8 Å². The zero-order valence-corrected chi connectivity index (χ0v) is 17.0. The van der Waals surface area contributed by atoms with Crippen LogP contribution < -0.4 is 4.72 Å². The summed E-state index contributed by atoms with van der Waals surface area (Å²) in [6.45, 7) is 5.12. The van der Waals surface area contributed by atoms with Crippen LogP contribution in [0.25, 0.3) is 0 Å². The van der Waals surface area contributed by atoms with Gasteiger partial charge in [0.05, 0.1) is 10.7 Å². The van der Waals surface area contributed by atoms with E-state index in [2.05, 4.69) is 4.72 Å². The van der Waals surface area contributed by atoms with E-state index in [1.54, 1.807) is 17.0 Å². The van der Waals surface area contributed by atoms with E-state index in [0.717, 1.165) is 30.4 Å². The minimum Gasteiger partial charge on any atom is -0.339 e. The summed E-state index contributed by atoms with van der Waals surface area (Å²) in [7, 11) is -3.92. The second-order valence-corrected chi connectivity index (χ2v) is 8.98. The lowest BCUT2D eigenvalue weighted by Gasteiger charge is -2.27. The summed E-state index contributed by atoms with van der Waals surface area (Å²) in [5.41, 5.74) is 2.58. The molecule has 0 radical (unpaired) electrons. The Bertz CT molecular complexity index is 967. The molecule has 1 aliphatic rings. The highest BCUT2D eigenvalue weighted by atomic mass is 35.5. The number of halogens is 1. The van der Waals surface area contributed by atoms with E-state index in [0.29, 0.717) is 24.3 Å². The third-order valence-electron chi connectivity index (χ3n) is 4.75. The number of nitrogens with zero attached hydrogens (tertiary/aromatic N) is 1. The van der Waals surface area contributed by atoms with Crippen molar-refractivity contribution < 1.29 is 13.2 Å². The molecule has 1 aliphatic heterocycles. The largest absolute Gasteiger partial charge is 0.339 e. The average molecular weight is 407 g/mol. The van der Waals surface area contributed by atoms with Gasteiger partial charge in [-0.2, -0.15) is 0 Å². The summed E-state index contributed by atoms with van der Waals surface area (Å²) in [5.74, 6) is -0.158. The van der Waals surface area contributed by atoms with Gasteiger partial charge in [-0.1, -0.05) is 23.7 Å². The number of aryl methyl sites for hydroxylation is 2. The first-order valence-corrected chi connectivity index (χ1v) is 10.8. The first kappa shape index (κ1) is 19.7. The lowest BCUT2D eigenvalue weighted by atomic mass is 10.1. The fourth-order valence-electron chi connectivity index (χ4n) is 3.17. The smallest absolute Gasteiger partial charge is 0.263 e. The molecule has 27 heavy (non-hydrogen) atoms. The van der Waals surface area contributed by atoms with Gasteiger partial charge >= 0.3 is 0 Å². The molecular formula is C20H23ClN2O3S. The van der Waals surface area contributed by atoms with Gasteiger partial charge in [-0.05, 0) is 68.5 Å². The number of rotatable bonds is 4. The van der Waals surface area contributed by atoms with Crippen molar-refractivity contribution in [1.29, 1.82) is 0 Å². The van der Waals surface area contributed by atoms with Crippen molar-refractivity contribution in [3.63, 3.8) is 0 Å². The van der Waals surface area contributed by atoms with Gasteiger partial charge in [-0.3, -0.25) is 9.52 Å². The first-order chi connectivity index (χ1) is 12.8. The van der Waals surface area contributed by atoms with Crippen LogP contribution >= 0.6 is 11.6 Å². The van der Waals surface area contributed by atoms with E-state index in [-0.39, 0.29) is 15.8 Å². The third kappa shape index (κ3) is 4.45. The fourth-order valence-corrected chi connectivity index (χ4v) is 4.82. The number of carbonyl (C=O) groups is 1. The number of piperidine rings is 1. The molecule has 3 rings (SSSR count). The van der Waals surface area contributed by atoms with Crippen molar-refractivity contribution in [3.05, 3.63) is 58.1 Å². The highest BCUT2D eigenvalue weighted by Crippen LogP contribution is 2.27. The van der Waals surface area contributed by atoms with Crippen molar-refractivity contribution in [2.45, 2.75) is 38.0 Å². The van der Waals surface area contributed by atoms with Crippen LogP contribution in [-0.2, 0) is 10.0 Å². The SMILES string of the molecule is Cc1ccc(C)c(NS(=O)(=O)c2cc(C(=O)N3CCCCC3)ccc2Cl)c1. The molecule has 2 aromatic rings. The van der Waals surface area contributed by atoms with Gasteiger partial charge in [0, 0.05) is 18.7 Å². The topological polar surface area (TPSA) is 66.5 Å². The maximum atomic E-state index is 12.9. The van der Waals surface area contributed by atoms with E-state index in [1.165, 1.54) is 12.1 Å². The highest BCUT2D eigenvalue weighted by Gasteiger charge is 2.24. The van der Waals surface area contributed by atoms with Gasteiger partial charge in [0.2, 0.25) is 0 Å². The van der Waals surface area contributed by atoms with Crippen molar-refractivity contribution in [2.24, 2.45) is 0 Å². The van der Waals surface area contributed by atoms with Gasteiger partial charge in [0.1, 0.15) is 4.90 Å². The molecule has 0 atom stereocenters. The van der Waals surface area contributed by atoms with E-state index in [1.807, 2.05) is 26.0 Å². The molecule has 5 nitrogen and oxygen atoms in total. The van der Waals surface area contributed by atoms with Crippen molar-refractivity contribution in [3.8, 4) is 0 Å². The van der Waals surface area contributed by atoms with Crippen LogP contribution in [0.3, 0.4) is 0 Å². The molecule has 0 aromatic heterocycles. The van der Waals surface area contributed by atoms with Gasteiger partial charge in [-0.25, -0.2) is 8.42 Å². The zero-order chi connectivity index (χ0) is 19.6. The molecular weight excluding hydrogens is 384 g/mol. The molecule has 144 valence electrons. The number of carbonyl (C=O) groups excluding carboxylic acids is 1. The van der Waals surface area contributed by atoms with Crippen LogP contribution in [-0.4, -0.2) is 32.3 Å². The second kappa shape index (κ2) is 7.90. The van der Waals surface area contributed by atoms with E-state index < -0.39 is 10.0 Å². The molecule has 7 heteroatoms. The maximum Gasteiger partial charge on any atom is 0.263 e. The Morgan fingerprint density at radius 3 is 2.44 bits per heavy atom. The summed E-state index contributed by atoms with van der Waals surface area (Å²) in [5, 5.41) is 0.0861. The van der Waals surface area contributed by atoms with Crippen molar-refractivity contribution in [1.82, 2.24) is 4.90 Å². The zero-order valence-electron chi connectivity index (χ0n) is 15.5. The Morgan fingerprint density at radius 2 is 1.74 bits per heavy atom. The number of likely N-dealkylation sites (tertiary alicyclic amines) is 1. The third-order valence-corrected chi connectivity index (χ3v) is 6.60. The van der Waals surface area contributed by atoms with Crippen molar-refractivity contribution >= 4 is 33.2 Å². The quantitative estimate of drug-likeness (QED) is 0.819. The molecule has 0 saturated carbocycles. The average Bonchev–Trinajstić information content (AvgIpc) is 2.65. The van der Waals surface area contributed by atoms with E-state index in [9.17, 15) is 13.2 Å². The molecule has 0 bridgehead atoms. The molecule has 0 aliphatic carbocycles. The molecule has 1 heterocycles. The molecule has 0 unspecified atom stereocenters. The number of anilines is 1. The molecule has 1 amide bonds. The number of nitrogens with one attached hydrogen (secondary N) is 1. The number of hydrogen-bond acceptors (Lipinski definition) is 3. The summed E-state index contributed by atoms with van der Waals surface area (Å²) >= 11 is 6.16. The summed E-state index contributed by atoms with van der Waals surface area (Å²) in [6.07, 6.45) is 3.06. The molecule has 0 spiro atoms. The Kier molecular flexibility index (Phi) is 5.77. The van der Waals surface area contributed by atoms with Gasteiger partial charge in [0.25, 0.3) is 15.9 Å². The maximum absolute atomic E-state index is 12.9. The fraction of sp³-hybridized carbons (Fsp3) is 0.350. The molecule has 1 N–H and O–H groups in total. The standard InChI is InChI=1S/C20H23ClN2O3S/c1-14-6-7-15(2)18(12-14)22-27(25,26)19-13-16(8-9-17(19)21)20(24)23-10-4-3-5-11-23/h6-9,12-13,22H,3-5,10-11H2,1-2H3. The molecule has 1 fully saturated rings. The molecule has 2 aromatic carbocycles. The van der Waals surface area contributed by atoms with Crippen LogP contribution in [0.4, 0.5) is 5.69 Å². The number of benzene rings is 2. The predicted molar refractivity (Wildman–Crippen MR) is 108 cm³/mol. The number of amides is 1. The van der Waals surface area contributed by atoms with Crippen LogP contribution in [0, 0.1) is 13.8 Å². The normalized spacial score (nSPS) is 14.9. The Morgan fingerprint density at radius 1 is 1.04 bits per heavy atom. The van der Waals surface area contributed by atoms with Crippen LogP contribution in [0.15, 0.2) is 41.3 Å². The summed E-state index contributed by atoms with van der Waals surface area (Å²) in [4.78, 5) is 14.4. The highest BCUT2D eigenvalue weighted by molar-refractivity contribution is 7.92. The lowest BCUT2D eigenvalue weighted by Crippen LogP contribution is -2.35. The predicted octanol–water partition coefficient (Wildman–Crippen LogP) is 4.38. The summed E-state index contributed by atoms with van der Waals surface area (Å²) in [6, 6.07) is 9.95. The Balaban J connectivity index is 1.92. The lowest BCUT2D eigenvalue weighted by molar-refractivity contribution is 0.0724. The van der Waals surface area contributed by atoms with Crippen LogP contribution in [0.1, 0.15) is 40.7 Å². The Labute approximate surface area is 165 Å². The second-order valence-electron chi connectivity index (χ2n) is 6.92.